The first-order chi connectivity index (χ1) is 14.8. The van der Waals surface area contributed by atoms with Crippen molar-refractivity contribution in [3.63, 3.8) is 0 Å². The summed E-state index contributed by atoms with van der Waals surface area (Å²) in [4.78, 5) is 0. The molecule has 4 rings (SSSR count). The van der Waals surface area contributed by atoms with Crippen LogP contribution < -0.4 is 0 Å². The second-order valence-electron chi connectivity index (χ2n) is 11.5. The molecule has 0 spiro atoms. The van der Waals surface area contributed by atoms with E-state index in [1.165, 1.54) is 17.2 Å². The summed E-state index contributed by atoms with van der Waals surface area (Å²) < 4.78 is 38.1. The van der Waals surface area contributed by atoms with Gasteiger partial charge in [-0.3, -0.25) is 0 Å². The van der Waals surface area contributed by atoms with E-state index in [4.69, 9.17) is 0 Å². The summed E-state index contributed by atoms with van der Waals surface area (Å²) in [6, 6.07) is 0. The van der Waals surface area contributed by atoms with E-state index < -0.39 is 17.9 Å². The average molecular weight is 453 g/mol. The maximum Gasteiger partial charge on any atom is 0.417 e. The van der Waals surface area contributed by atoms with Crippen LogP contribution in [0.25, 0.3) is 0 Å². The SMILES string of the molecule is CC[C@]1(O)CC[C@@]2(C)C(=CC[C@@H]3C2CC[C@]2(C)C([C@H](C)/C=C/[C@H](O)C(F)(F)F)=CCC32)C1. The molecule has 2 N–H and O–H groups in total. The van der Waals surface area contributed by atoms with Gasteiger partial charge >= 0.3 is 6.18 Å². The summed E-state index contributed by atoms with van der Waals surface area (Å²) in [5.41, 5.74) is 2.33. The van der Waals surface area contributed by atoms with Crippen molar-refractivity contribution >= 4 is 0 Å². The molecule has 4 aliphatic carbocycles. The standard InChI is InChI=1S/C27H39F3O2/c1-5-26(32)15-14-24(3)18(16-26)7-8-19-21-10-9-20(25(21,4)13-12-22(19)24)17(2)6-11-23(31)27(28,29)30/h6-7,9,11,17,19,21-23,31-32H,5,8,10,12-16H2,1-4H3/b11-6+/t17-,19+,21?,22?,23+,24+,25-,26+/m1/s1. The molecule has 0 aromatic heterocycles. The molecule has 5 heteroatoms. The normalized spacial score (nSPS) is 43.7. The zero-order valence-corrected chi connectivity index (χ0v) is 19.9. The molecule has 2 nitrogen and oxygen atoms in total. The number of fused-ring (bicyclic) bond motifs is 5. The molecule has 0 aromatic rings. The van der Waals surface area contributed by atoms with E-state index in [-0.39, 0.29) is 16.7 Å². The Bertz CT molecular complexity index is 827. The molecule has 0 radical (unpaired) electrons. The van der Waals surface area contributed by atoms with Gasteiger partial charge in [-0.25, -0.2) is 0 Å². The van der Waals surface area contributed by atoms with Crippen LogP contribution in [0.3, 0.4) is 0 Å². The number of hydrogen-bond acceptors (Lipinski definition) is 2. The summed E-state index contributed by atoms with van der Waals surface area (Å²) in [5, 5.41) is 20.3. The molecule has 0 aliphatic heterocycles. The largest absolute Gasteiger partial charge is 0.417 e. The molecule has 4 aliphatic rings. The minimum Gasteiger partial charge on any atom is -0.390 e. The number of hydrogen-bond donors (Lipinski definition) is 2. The third kappa shape index (κ3) is 3.81. The Morgan fingerprint density at radius 1 is 1.06 bits per heavy atom. The molecular formula is C27H39F3O2. The highest BCUT2D eigenvalue weighted by molar-refractivity contribution is 5.33. The number of rotatable bonds is 4. The van der Waals surface area contributed by atoms with E-state index >= 15 is 0 Å². The molecule has 0 saturated heterocycles. The Morgan fingerprint density at radius 3 is 2.44 bits per heavy atom. The van der Waals surface area contributed by atoms with Crippen molar-refractivity contribution in [1.82, 2.24) is 0 Å². The van der Waals surface area contributed by atoms with Crippen LogP contribution in [0.4, 0.5) is 13.2 Å². The fourth-order valence-electron chi connectivity index (χ4n) is 7.81. The van der Waals surface area contributed by atoms with Crippen molar-refractivity contribution in [3.8, 4) is 0 Å². The van der Waals surface area contributed by atoms with Crippen molar-refractivity contribution in [3.05, 3.63) is 35.5 Å². The summed E-state index contributed by atoms with van der Waals surface area (Å²) in [6.07, 6.45) is 7.88. The van der Waals surface area contributed by atoms with Crippen molar-refractivity contribution in [1.29, 1.82) is 0 Å². The van der Waals surface area contributed by atoms with Crippen molar-refractivity contribution in [2.24, 2.45) is 34.5 Å². The van der Waals surface area contributed by atoms with Gasteiger partial charge in [0.1, 0.15) is 0 Å². The van der Waals surface area contributed by atoms with Crippen LogP contribution in [0.2, 0.25) is 0 Å². The fraction of sp³-hybridized carbons (Fsp3) is 0.778. The fourth-order valence-corrected chi connectivity index (χ4v) is 7.81. The van der Waals surface area contributed by atoms with Gasteiger partial charge in [0.15, 0.2) is 6.10 Å². The van der Waals surface area contributed by atoms with Gasteiger partial charge in [-0.2, -0.15) is 13.2 Å². The van der Waals surface area contributed by atoms with Gasteiger partial charge in [0.2, 0.25) is 0 Å². The summed E-state index contributed by atoms with van der Waals surface area (Å²) >= 11 is 0. The van der Waals surface area contributed by atoms with Gasteiger partial charge in [0.25, 0.3) is 0 Å². The zero-order valence-electron chi connectivity index (χ0n) is 19.9. The molecule has 0 heterocycles. The highest BCUT2D eigenvalue weighted by atomic mass is 19.4. The minimum atomic E-state index is -4.61. The van der Waals surface area contributed by atoms with Crippen LogP contribution in [0.15, 0.2) is 35.5 Å². The van der Waals surface area contributed by atoms with E-state index in [0.29, 0.717) is 17.8 Å². The zero-order chi connectivity index (χ0) is 23.5. The Balaban J connectivity index is 1.53. The van der Waals surface area contributed by atoms with Gasteiger partial charge in [-0.15, -0.1) is 0 Å². The Morgan fingerprint density at radius 2 is 1.78 bits per heavy atom. The maximum absolute atomic E-state index is 12.7. The lowest BCUT2D eigenvalue weighted by atomic mass is 9.46. The maximum atomic E-state index is 12.7. The molecule has 2 saturated carbocycles. The van der Waals surface area contributed by atoms with Crippen LogP contribution in [0.5, 0.6) is 0 Å². The molecular weight excluding hydrogens is 413 g/mol. The van der Waals surface area contributed by atoms with E-state index in [0.717, 1.165) is 57.4 Å². The van der Waals surface area contributed by atoms with E-state index in [2.05, 4.69) is 32.9 Å². The molecule has 32 heavy (non-hydrogen) atoms. The smallest absolute Gasteiger partial charge is 0.390 e. The number of halogens is 3. The molecule has 0 aromatic carbocycles. The van der Waals surface area contributed by atoms with Crippen molar-refractivity contribution in [2.75, 3.05) is 0 Å². The number of aliphatic hydroxyl groups is 2. The monoisotopic (exact) mass is 452 g/mol. The van der Waals surface area contributed by atoms with Gasteiger partial charge in [-0.05, 0) is 85.9 Å². The van der Waals surface area contributed by atoms with Crippen LogP contribution in [-0.2, 0) is 0 Å². The first-order valence-electron chi connectivity index (χ1n) is 12.4. The Labute approximate surface area is 190 Å². The van der Waals surface area contributed by atoms with Gasteiger partial charge in [-0.1, -0.05) is 63.1 Å². The predicted octanol–water partition coefficient (Wildman–Crippen LogP) is 6.74. The molecule has 0 amide bonds. The van der Waals surface area contributed by atoms with Crippen molar-refractivity contribution in [2.45, 2.75) is 96.9 Å². The molecule has 180 valence electrons. The van der Waals surface area contributed by atoms with Crippen LogP contribution in [-0.4, -0.2) is 28.1 Å². The highest BCUT2D eigenvalue weighted by Gasteiger charge is 2.57. The second kappa shape index (κ2) is 8.01. The first-order valence-corrected chi connectivity index (χ1v) is 12.4. The third-order valence-electron chi connectivity index (χ3n) is 9.96. The predicted molar refractivity (Wildman–Crippen MR) is 121 cm³/mol. The average Bonchev–Trinajstić information content (AvgIpc) is 3.09. The summed E-state index contributed by atoms with van der Waals surface area (Å²) in [6.45, 7) is 8.77. The van der Waals surface area contributed by atoms with Crippen LogP contribution in [0.1, 0.15) is 79.1 Å². The van der Waals surface area contributed by atoms with Crippen LogP contribution in [0, 0.1) is 34.5 Å². The van der Waals surface area contributed by atoms with E-state index in [9.17, 15) is 23.4 Å². The molecule has 2 unspecified atom stereocenters. The first kappa shape index (κ1) is 24.1. The summed E-state index contributed by atoms with van der Waals surface area (Å²) in [5.74, 6) is 1.60. The summed E-state index contributed by atoms with van der Waals surface area (Å²) in [7, 11) is 0. The quantitative estimate of drug-likeness (QED) is 0.464. The van der Waals surface area contributed by atoms with Gasteiger partial charge < -0.3 is 10.2 Å². The molecule has 0 bridgehead atoms. The van der Waals surface area contributed by atoms with Gasteiger partial charge in [0.05, 0.1) is 5.60 Å². The Hall–Kier alpha value is -1.07. The lowest BCUT2D eigenvalue weighted by Crippen LogP contribution is -2.51. The number of alkyl halides is 3. The van der Waals surface area contributed by atoms with Crippen LogP contribution >= 0.6 is 0 Å². The third-order valence-corrected chi connectivity index (χ3v) is 9.96. The van der Waals surface area contributed by atoms with E-state index in [1.807, 2.05) is 6.92 Å². The minimum absolute atomic E-state index is 0.00857. The van der Waals surface area contributed by atoms with Crippen molar-refractivity contribution < 1.29 is 23.4 Å². The lowest BCUT2D eigenvalue weighted by molar-refractivity contribution is -0.187. The highest BCUT2D eigenvalue weighted by Crippen LogP contribution is 2.66. The van der Waals surface area contributed by atoms with E-state index in [1.54, 1.807) is 0 Å². The molecule has 8 atom stereocenters. The number of aliphatic hydroxyl groups excluding tert-OH is 1. The topological polar surface area (TPSA) is 40.5 Å². The second-order valence-corrected chi connectivity index (χ2v) is 11.5. The number of allylic oxidation sites excluding steroid dienone is 4. The molecule has 2 fully saturated rings. The van der Waals surface area contributed by atoms with Gasteiger partial charge in [0, 0.05) is 0 Å². The Kier molecular flexibility index (Phi) is 6.02. The lowest BCUT2D eigenvalue weighted by Gasteiger charge is -2.59.